The topological polar surface area (TPSA) is 65.5 Å². The minimum atomic E-state index is -0.571. The van der Waals surface area contributed by atoms with Crippen LogP contribution in [0, 0.1) is 5.92 Å². The van der Waals surface area contributed by atoms with Gasteiger partial charge < -0.3 is 9.47 Å². The van der Waals surface area contributed by atoms with E-state index in [0.29, 0.717) is 15.8 Å². The van der Waals surface area contributed by atoms with Crippen molar-refractivity contribution in [3.8, 4) is 0 Å². The van der Waals surface area contributed by atoms with Crippen molar-refractivity contribution in [3.63, 3.8) is 0 Å². The largest absolute Gasteiger partial charge is 0.464 e. The van der Waals surface area contributed by atoms with Gasteiger partial charge in [-0.2, -0.15) is 0 Å². The predicted molar refractivity (Wildman–Crippen MR) is 79.8 cm³/mol. The van der Waals surface area contributed by atoms with E-state index < -0.39 is 11.6 Å². The van der Waals surface area contributed by atoms with Gasteiger partial charge in [0, 0.05) is 14.0 Å². The normalized spacial score (nSPS) is 25.6. The minimum Gasteiger partial charge on any atom is -0.464 e. The van der Waals surface area contributed by atoms with Crippen molar-refractivity contribution in [2.75, 3.05) is 14.2 Å². The fourth-order valence-corrected chi connectivity index (χ4v) is 3.90. The highest BCUT2D eigenvalue weighted by molar-refractivity contribution is 7.14. The third-order valence-electron chi connectivity index (χ3n) is 4.19. The number of nitrogens with zero attached hydrogens (tertiary/aromatic N) is 1. The molecular formula is C15H21NO4S. The number of hydrogen-bond donors (Lipinski definition) is 0. The van der Waals surface area contributed by atoms with Crippen molar-refractivity contribution < 1.29 is 19.1 Å². The van der Waals surface area contributed by atoms with Gasteiger partial charge in [0.1, 0.15) is 15.5 Å². The van der Waals surface area contributed by atoms with Crippen LogP contribution in [-0.2, 0) is 15.1 Å². The Labute approximate surface area is 128 Å². The highest BCUT2D eigenvalue weighted by Crippen LogP contribution is 2.44. The second-order valence-corrected chi connectivity index (χ2v) is 6.62. The van der Waals surface area contributed by atoms with E-state index in [-0.39, 0.29) is 11.5 Å². The van der Waals surface area contributed by atoms with E-state index in [9.17, 15) is 9.59 Å². The zero-order chi connectivity index (χ0) is 15.6. The monoisotopic (exact) mass is 311 g/mol. The summed E-state index contributed by atoms with van der Waals surface area (Å²) in [6.07, 6.45) is 3.82. The quantitative estimate of drug-likeness (QED) is 0.631. The first-order valence-corrected chi connectivity index (χ1v) is 7.91. The number of thiazole rings is 1. The second kappa shape index (κ2) is 6.23. The van der Waals surface area contributed by atoms with Gasteiger partial charge >= 0.3 is 5.97 Å². The van der Waals surface area contributed by atoms with E-state index in [4.69, 9.17) is 9.47 Å². The molecule has 0 unspecified atom stereocenters. The average molecular weight is 311 g/mol. The maximum Gasteiger partial charge on any atom is 0.358 e. The Bertz CT molecular complexity index is 544. The van der Waals surface area contributed by atoms with Crippen molar-refractivity contribution in [1.82, 2.24) is 4.98 Å². The van der Waals surface area contributed by atoms with Gasteiger partial charge in [0.2, 0.25) is 0 Å². The third-order valence-corrected chi connectivity index (χ3v) is 5.53. The summed E-state index contributed by atoms with van der Waals surface area (Å²) >= 11 is 1.26. The standard InChI is InChI=1S/C15H21NO4S/c1-9-5-7-15(20-4,8-6-9)14-16-11(13(18)19-3)12(21-14)10(2)17/h9H,5-8H2,1-4H3. The van der Waals surface area contributed by atoms with Crippen LogP contribution < -0.4 is 0 Å². The molecule has 1 heterocycles. The molecule has 1 fully saturated rings. The molecule has 0 saturated heterocycles. The smallest absolute Gasteiger partial charge is 0.358 e. The number of carbonyl (C=O) groups is 2. The van der Waals surface area contributed by atoms with Crippen molar-refractivity contribution in [2.45, 2.75) is 45.1 Å². The average Bonchev–Trinajstić information content (AvgIpc) is 2.93. The van der Waals surface area contributed by atoms with Crippen LogP contribution in [0.2, 0.25) is 0 Å². The summed E-state index contributed by atoms with van der Waals surface area (Å²) in [5, 5.41) is 0.711. The molecule has 0 spiro atoms. The molecule has 21 heavy (non-hydrogen) atoms. The lowest BCUT2D eigenvalue weighted by Gasteiger charge is -2.36. The molecule has 0 aromatic carbocycles. The number of methoxy groups -OCH3 is 2. The summed E-state index contributed by atoms with van der Waals surface area (Å²) in [6.45, 7) is 3.66. The van der Waals surface area contributed by atoms with Crippen LogP contribution >= 0.6 is 11.3 Å². The van der Waals surface area contributed by atoms with Crippen molar-refractivity contribution in [1.29, 1.82) is 0 Å². The Morgan fingerprint density at radius 1 is 1.29 bits per heavy atom. The van der Waals surface area contributed by atoms with Gasteiger partial charge in [-0.15, -0.1) is 11.3 Å². The highest BCUT2D eigenvalue weighted by Gasteiger charge is 2.40. The molecule has 0 bridgehead atoms. The Kier molecular flexibility index (Phi) is 4.78. The first-order chi connectivity index (χ1) is 9.93. The summed E-state index contributed by atoms with van der Waals surface area (Å²) in [7, 11) is 2.96. The molecule has 0 atom stereocenters. The van der Waals surface area contributed by atoms with Crippen LogP contribution in [0.4, 0.5) is 0 Å². The highest BCUT2D eigenvalue weighted by atomic mass is 32.1. The van der Waals surface area contributed by atoms with Crippen LogP contribution in [0.5, 0.6) is 0 Å². The van der Waals surface area contributed by atoms with Crippen molar-refractivity contribution >= 4 is 23.1 Å². The van der Waals surface area contributed by atoms with Crippen LogP contribution in [-0.4, -0.2) is 31.0 Å². The number of hydrogen-bond acceptors (Lipinski definition) is 6. The first kappa shape index (κ1) is 16.1. The number of ether oxygens (including phenoxy) is 2. The lowest BCUT2D eigenvalue weighted by Crippen LogP contribution is -2.33. The number of Topliss-reactive ketones (excluding diaryl/α,β-unsaturated/α-hetero) is 1. The Morgan fingerprint density at radius 2 is 1.90 bits per heavy atom. The Hall–Kier alpha value is -1.27. The molecule has 1 aliphatic carbocycles. The number of rotatable bonds is 4. The molecule has 1 saturated carbocycles. The molecule has 6 heteroatoms. The van der Waals surface area contributed by atoms with Crippen LogP contribution in [0.15, 0.2) is 0 Å². The predicted octanol–water partition coefficient (Wildman–Crippen LogP) is 3.18. The zero-order valence-corrected chi connectivity index (χ0v) is 13.7. The van der Waals surface area contributed by atoms with Crippen LogP contribution in [0.1, 0.15) is 64.7 Å². The van der Waals surface area contributed by atoms with Crippen molar-refractivity contribution in [2.24, 2.45) is 5.92 Å². The molecule has 0 radical (unpaired) electrons. The van der Waals surface area contributed by atoms with Crippen LogP contribution in [0.3, 0.4) is 0 Å². The maximum atomic E-state index is 11.8. The summed E-state index contributed by atoms with van der Waals surface area (Å²) in [4.78, 5) is 28.3. The Balaban J connectivity index is 2.43. The molecule has 2 rings (SSSR count). The fourth-order valence-electron chi connectivity index (χ4n) is 2.72. The molecular weight excluding hydrogens is 290 g/mol. The molecule has 1 aliphatic rings. The number of aromatic nitrogens is 1. The van der Waals surface area contributed by atoms with Crippen molar-refractivity contribution in [3.05, 3.63) is 15.6 Å². The maximum absolute atomic E-state index is 11.8. The Morgan fingerprint density at radius 3 is 2.38 bits per heavy atom. The summed E-state index contributed by atoms with van der Waals surface area (Å²) < 4.78 is 10.5. The molecule has 116 valence electrons. The SMILES string of the molecule is COC(=O)c1nc(C2(OC)CCC(C)CC2)sc1C(C)=O. The van der Waals surface area contributed by atoms with Gasteiger partial charge in [-0.05, 0) is 31.6 Å². The van der Waals surface area contributed by atoms with E-state index >= 15 is 0 Å². The third kappa shape index (κ3) is 3.01. The number of carbonyl (C=O) groups excluding carboxylic acids is 2. The van der Waals surface area contributed by atoms with Gasteiger partial charge in [0.15, 0.2) is 11.5 Å². The van der Waals surface area contributed by atoms with E-state index in [1.165, 1.54) is 25.4 Å². The first-order valence-electron chi connectivity index (χ1n) is 7.09. The van der Waals surface area contributed by atoms with Gasteiger partial charge in [0.25, 0.3) is 0 Å². The van der Waals surface area contributed by atoms with Gasteiger partial charge in [0.05, 0.1) is 7.11 Å². The minimum absolute atomic E-state index is 0.111. The lowest BCUT2D eigenvalue weighted by molar-refractivity contribution is -0.0531. The molecule has 0 N–H and O–H groups in total. The summed E-state index contributed by atoms with van der Waals surface area (Å²) in [5.74, 6) is -0.0756. The molecule has 1 aromatic rings. The molecule has 0 amide bonds. The molecule has 5 nitrogen and oxygen atoms in total. The molecule has 1 aromatic heterocycles. The second-order valence-electron chi connectivity index (χ2n) is 5.63. The van der Waals surface area contributed by atoms with Gasteiger partial charge in [-0.3, -0.25) is 4.79 Å². The zero-order valence-electron chi connectivity index (χ0n) is 12.9. The van der Waals surface area contributed by atoms with E-state index in [2.05, 4.69) is 11.9 Å². The van der Waals surface area contributed by atoms with Gasteiger partial charge in [-0.25, -0.2) is 9.78 Å². The number of esters is 1. The van der Waals surface area contributed by atoms with E-state index in [0.717, 1.165) is 25.7 Å². The summed E-state index contributed by atoms with van der Waals surface area (Å²) in [6, 6.07) is 0. The lowest BCUT2D eigenvalue weighted by atomic mass is 9.80. The van der Waals surface area contributed by atoms with E-state index in [1.807, 2.05) is 0 Å². The number of ketones is 1. The van der Waals surface area contributed by atoms with Gasteiger partial charge in [-0.1, -0.05) is 6.92 Å². The molecule has 0 aliphatic heterocycles. The van der Waals surface area contributed by atoms with E-state index in [1.54, 1.807) is 7.11 Å². The fraction of sp³-hybridized carbons (Fsp3) is 0.667. The van der Waals surface area contributed by atoms with Crippen LogP contribution in [0.25, 0.3) is 0 Å². The summed E-state index contributed by atoms with van der Waals surface area (Å²) in [5.41, 5.74) is -0.367.